The minimum Gasteiger partial charge on any atom is -0.497 e. The summed E-state index contributed by atoms with van der Waals surface area (Å²) in [6.07, 6.45) is -2.42. The minimum atomic E-state index is -1.22. The van der Waals surface area contributed by atoms with Gasteiger partial charge in [-0.3, -0.25) is 4.79 Å². The fourth-order valence-corrected chi connectivity index (χ4v) is 2.24. The number of nitrogens with two attached hydrogens (primary N) is 1. The number of carbonyl (C=O) groups is 2. The molecular weight excluding hydrogens is 327 g/mol. The predicted octanol–water partition coefficient (Wildman–Crippen LogP) is 2.16. The largest absolute Gasteiger partial charge is 0.497 e. The molecule has 1 atom stereocenters. The summed E-state index contributed by atoms with van der Waals surface area (Å²) in [6.45, 7) is 0.221. The lowest BCUT2D eigenvalue weighted by Gasteiger charge is -2.17. The van der Waals surface area contributed by atoms with Gasteiger partial charge in [-0.1, -0.05) is 30.3 Å². The second kappa shape index (κ2) is 8.68. The molecule has 0 fully saturated rings. The maximum Gasteiger partial charge on any atom is 0.405 e. The highest BCUT2D eigenvalue weighted by molar-refractivity contribution is 5.83. The molecule has 0 bridgehead atoms. The maximum absolute atomic E-state index is 13.8. The Hall–Kier alpha value is -3.09. The van der Waals surface area contributed by atoms with E-state index in [4.69, 9.17) is 15.2 Å². The number of amides is 2. The lowest BCUT2D eigenvalue weighted by atomic mass is 10.1. The van der Waals surface area contributed by atoms with E-state index in [1.807, 2.05) is 0 Å². The van der Waals surface area contributed by atoms with E-state index < -0.39 is 23.9 Å². The molecule has 0 spiro atoms. The van der Waals surface area contributed by atoms with Crippen molar-refractivity contribution in [2.45, 2.75) is 19.1 Å². The van der Waals surface area contributed by atoms with Gasteiger partial charge < -0.3 is 20.5 Å². The van der Waals surface area contributed by atoms with E-state index in [1.165, 1.54) is 18.2 Å². The number of hydrogen-bond donors (Lipinski definition) is 2. The van der Waals surface area contributed by atoms with Crippen molar-refractivity contribution in [3.63, 3.8) is 0 Å². The minimum absolute atomic E-state index is 0.107. The second-order valence-electron chi connectivity index (χ2n) is 5.29. The van der Waals surface area contributed by atoms with Crippen LogP contribution in [-0.2, 0) is 22.5 Å². The third-order valence-electron chi connectivity index (χ3n) is 3.54. The van der Waals surface area contributed by atoms with E-state index in [1.54, 1.807) is 37.4 Å². The van der Waals surface area contributed by atoms with Crippen LogP contribution in [0.25, 0.3) is 0 Å². The van der Waals surface area contributed by atoms with Crippen LogP contribution in [0.15, 0.2) is 48.5 Å². The summed E-state index contributed by atoms with van der Waals surface area (Å²) in [5.74, 6) is -0.342. The molecular formula is C18H19FN2O4. The van der Waals surface area contributed by atoms with Gasteiger partial charge in [-0.25, -0.2) is 9.18 Å². The molecule has 0 aliphatic carbocycles. The van der Waals surface area contributed by atoms with Crippen LogP contribution in [0.3, 0.4) is 0 Å². The Morgan fingerprint density at radius 1 is 1.16 bits per heavy atom. The number of ether oxygens (including phenoxy) is 2. The van der Waals surface area contributed by atoms with Crippen molar-refractivity contribution in [1.82, 2.24) is 5.32 Å². The highest BCUT2D eigenvalue weighted by Gasteiger charge is 2.23. The average molecular weight is 346 g/mol. The van der Waals surface area contributed by atoms with Gasteiger partial charge in [0.05, 0.1) is 7.11 Å². The molecule has 2 amide bonds. The highest BCUT2D eigenvalue weighted by atomic mass is 19.1. The number of halogens is 1. The molecule has 0 aromatic heterocycles. The van der Waals surface area contributed by atoms with Crippen molar-refractivity contribution >= 4 is 12.0 Å². The summed E-state index contributed by atoms with van der Waals surface area (Å²) in [5.41, 5.74) is 6.10. The van der Waals surface area contributed by atoms with Gasteiger partial charge in [0.2, 0.25) is 0 Å². The van der Waals surface area contributed by atoms with Gasteiger partial charge in [-0.2, -0.15) is 0 Å². The van der Waals surface area contributed by atoms with E-state index >= 15 is 0 Å². The summed E-state index contributed by atoms with van der Waals surface area (Å²) in [4.78, 5) is 23.3. The van der Waals surface area contributed by atoms with E-state index in [0.717, 1.165) is 5.56 Å². The van der Waals surface area contributed by atoms with Gasteiger partial charge in [0.25, 0.3) is 5.91 Å². The van der Waals surface area contributed by atoms with E-state index in [2.05, 4.69) is 5.32 Å². The quantitative estimate of drug-likeness (QED) is 0.804. The highest BCUT2D eigenvalue weighted by Crippen LogP contribution is 2.13. The normalized spacial score (nSPS) is 11.4. The molecule has 0 aliphatic heterocycles. The van der Waals surface area contributed by atoms with Crippen LogP contribution in [-0.4, -0.2) is 25.2 Å². The zero-order valence-electron chi connectivity index (χ0n) is 13.7. The van der Waals surface area contributed by atoms with E-state index in [0.29, 0.717) is 5.75 Å². The summed E-state index contributed by atoms with van der Waals surface area (Å²) in [6, 6.07) is 13.1. The molecule has 2 aromatic rings. The summed E-state index contributed by atoms with van der Waals surface area (Å²) >= 11 is 0. The Morgan fingerprint density at radius 2 is 1.84 bits per heavy atom. The molecule has 3 N–H and O–H groups in total. The van der Waals surface area contributed by atoms with Crippen molar-refractivity contribution in [3.8, 4) is 5.75 Å². The zero-order valence-corrected chi connectivity index (χ0v) is 13.7. The van der Waals surface area contributed by atoms with Gasteiger partial charge in [0, 0.05) is 13.0 Å². The van der Waals surface area contributed by atoms with Gasteiger partial charge in [0.1, 0.15) is 11.6 Å². The average Bonchev–Trinajstić information content (AvgIpc) is 2.61. The number of methoxy groups -OCH3 is 1. The molecule has 0 radical (unpaired) electrons. The van der Waals surface area contributed by atoms with Crippen molar-refractivity contribution in [2.24, 2.45) is 5.73 Å². The second-order valence-corrected chi connectivity index (χ2v) is 5.29. The standard InChI is InChI=1S/C18H19FN2O4/c1-24-14-8-6-12(7-9-14)11-21-17(22)16(25-18(20)23)10-13-4-2-3-5-15(13)19/h2-9,16H,10-11H2,1H3,(H2,20,23)(H,21,22). The van der Waals surface area contributed by atoms with Crippen molar-refractivity contribution in [2.75, 3.05) is 7.11 Å². The fraction of sp³-hybridized carbons (Fsp3) is 0.222. The molecule has 0 aliphatic rings. The van der Waals surface area contributed by atoms with Crippen molar-refractivity contribution < 1.29 is 23.5 Å². The number of hydrogen-bond acceptors (Lipinski definition) is 4. The molecule has 25 heavy (non-hydrogen) atoms. The molecule has 7 heteroatoms. The molecule has 2 rings (SSSR count). The number of nitrogens with one attached hydrogen (secondary N) is 1. The molecule has 6 nitrogen and oxygen atoms in total. The van der Waals surface area contributed by atoms with E-state index in [-0.39, 0.29) is 18.5 Å². The summed E-state index contributed by atoms with van der Waals surface area (Å²) < 4.78 is 23.7. The summed E-state index contributed by atoms with van der Waals surface area (Å²) in [5, 5.41) is 2.65. The first-order valence-corrected chi connectivity index (χ1v) is 7.59. The number of benzene rings is 2. The third kappa shape index (κ3) is 5.49. The van der Waals surface area contributed by atoms with Gasteiger partial charge in [-0.15, -0.1) is 0 Å². The van der Waals surface area contributed by atoms with Crippen LogP contribution < -0.4 is 15.8 Å². The number of primary amides is 1. The lowest BCUT2D eigenvalue weighted by molar-refractivity contribution is -0.129. The first-order valence-electron chi connectivity index (χ1n) is 7.59. The van der Waals surface area contributed by atoms with Crippen molar-refractivity contribution in [3.05, 3.63) is 65.5 Å². The smallest absolute Gasteiger partial charge is 0.405 e. The molecule has 2 aromatic carbocycles. The van der Waals surface area contributed by atoms with Gasteiger partial charge in [-0.05, 0) is 29.3 Å². The molecule has 1 unspecified atom stereocenters. The first-order chi connectivity index (χ1) is 12.0. The van der Waals surface area contributed by atoms with Crippen LogP contribution in [0.2, 0.25) is 0 Å². The number of carbonyl (C=O) groups excluding carboxylic acids is 2. The van der Waals surface area contributed by atoms with Crippen LogP contribution in [0.4, 0.5) is 9.18 Å². The first kappa shape index (κ1) is 18.3. The zero-order chi connectivity index (χ0) is 18.2. The van der Waals surface area contributed by atoms with Crippen LogP contribution in [0.1, 0.15) is 11.1 Å². The van der Waals surface area contributed by atoms with E-state index in [9.17, 15) is 14.0 Å². The van der Waals surface area contributed by atoms with Crippen molar-refractivity contribution in [1.29, 1.82) is 0 Å². The Balaban J connectivity index is 2.02. The van der Waals surface area contributed by atoms with Crippen LogP contribution in [0.5, 0.6) is 5.75 Å². The predicted molar refractivity (Wildman–Crippen MR) is 89.4 cm³/mol. The Kier molecular flexibility index (Phi) is 6.33. The molecule has 0 heterocycles. The molecule has 0 saturated heterocycles. The third-order valence-corrected chi connectivity index (χ3v) is 3.54. The van der Waals surface area contributed by atoms with Gasteiger partial charge >= 0.3 is 6.09 Å². The summed E-state index contributed by atoms with van der Waals surface area (Å²) in [7, 11) is 1.56. The van der Waals surface area contributed by atoms with Crippen LogP contribution in [0, 0.1) is 5.82 Å². The molecule has 132 valence electrons. The SMILES string of the molecule is COc1ccc(CNC(=O)C(Cc2ccccc2F)OC(N)=O)cc1. The Morgan fingerprint density at radius 3 is 2.44 bits per heavy atom. The molecule has 0 saturated carbocycles. The lowest BCUT2D eigenvalue weighted by Crippen LogP contribution is -2.40. The topological polar surface area (TPSA) is 90.7 Å². The maximum atomic E-state index is 13.8. The fourth-order valence-electron chi connectivity index (χ4n) is 2.24. The van der Waals surface area contributed by atoms with Crippen LogP contribution >= 0.6 is 0 Å². The Labute approximate surface area is 144 Å². The monoisotopic (exact) mass is 346 g/mol. The number of rotatable bonds is 7. The Bertz CT molecular complexity index is 734. The van der Waals surface area contributed by atoms with Gasteiger partial charge in [0.15, 0.2) is 6.10 Å².